The largest absolute Gasteiger partial charge is 0.491 e. The lowest BCUT2D eigenvalue weighted by Gasteiger charge is -2.21. The molecule has 0 bridgehead atoms. The summed E-state index contributed by atoms with van der Waals surface area (Å²) in [7, 11) is 0. The highest BCUT2D eigenvalue weighted by Gasteiger charge is 2.32. The lowest BCUT2D eigenvalue weighted by molar-refractivity contribution is -0.122. The quantitative estimate of drug-likeness (QED) is 0.740. The number of aryl methyl sites for hydroxylation is 2. The summed E-state index contributed by atoms with van der Waals surface area (Å²) in [5.74, 6) is 0.671. The third-order valence-electron chi connectivity index (χ3n) is 4.11. The zero-order valence-corrected chi connectivity index (χ0v) is 13.7. The van der Waals surface area contributed by atoms with Crippen molar-refractivity contribution in [2.75, 3.05) is 32.8 Å². The van der Waals surface area contributed by atoms with Gasteiger partial charge in [-0.05, 0) is 31.4 Å². The average molecular weight is 324 g/mol. The van der Waals surface area contributed by atoms with Gasteiger partial charge in [-0.3, -0.25) is 9.69 Å². The number of amides is 1. The molecule has 0 aliphatic carbocycles. The molecule has 0 spiro atoms. The molecule has 1 aliphatic rings. The molecule has 0 aromatic heterocycles. The van der Waals surface area contributed by atoms with Crippen molar-refractivity contribution in [3.63, 3.8) is 0 Å². The molecule has 5 nitrogen and oxygen atoms in total. The number of rotatable bonds is 7. The molecule has 6 heteroatoms. The van der Waals surface area contributed by atoms with E-state index in [1.54, 1.807) is 4.90 Å². The van der Waals surface area contributed by atoms with Gasteiger partial charge in [0.1, 0.15) is 18.5 Å². The van der Waals surface area contributed by atoms with Crippen molar-refractivity contribution in [3.05, 3.63) is 29.3 Å². The first kappa shape index (κ1) is 17.7. The summed E-state index contributed by atoms with van der Waals surface area (Å²) >= 11 is 0. The van der Waals surface area contributed by atoms with Gasteiger partial charge in [0.25, 0.3) is 0 Å². The molecule has 2 rings (SSSR count). The van der Waals surface area contributed by atoms with Gasteiger partial charge < -0.3 is 15.2 Å². The van der Waals surface area contributed by atoms with Crippen LogP contribution in [0.3, 0.4) is 0 Å². The molecule has 128 valence electrons. The van der Waals surface area contributed by atoms with Crippen LogP contribution in [0.5, 0.6) is 5.75 Å². The number of aliphatic hydroxyl groups excluding tert-OH is 1. The van der Waals surface area contributed by atoms with Gasteiger partial charge in [-0.2, -0.15) is 0 Å². The number of hydrogen-bond acceptors (Lipinski definition) is 4. The van der Waals surface area contributed by atoms with E-state index in [4.69, 9.17) is 4.74 Å². The lowest BCUT2D eigenvalue weighted by atomic mass is 10.1. The van der Waals surface area contributed by atoms with Crippen LogP contribution in [-0.2, 0) is 4.79 Å². The fraction of sp³-hybridized carbons (Fsp3) is 0.588. The third kappa shape index (κ3) is 4.91. The van der Waals surface area contributed by atoms with Crippen molar-refractivity contribution in [2.45, 2.75) is 32.5 Å². The summed E-state index contributed by atoms with van der Waals surface area (Å²) in [6, 6.07) is 5.68. The first-order valence-electron chi connectivity index (χ1n) is 7.96. The summed E-state index contributed by atoms with van der Waals surface area (Å²) in [6.07, 6.45) is -0.674. The number of hydrogen-bond donors (Lipinski definition) is 2. The van der Waals surface area contributed by atoms with Crippen LogP contribution in [0.2, 0.25) is 0 Å². The predicted octanol–water partition coefficient (Wildman–Crippen LogP) is 1.20. The Hall–Kier alpha value is -1.66. The maximum atomic E-state index is 13.3. The number of likely N-dealkylation sites (tertiary alicyclic amines) is 1. The molecule has 1 heterocycles. The minimum Gasteiger partial charge on any atom is -0.491 e. The molecule has 2 atom stereocenters. The Morgan fingerprint density at radius 3 is 2.78 bits per heavy atom. The van der Waals surface area contributed by atoms with Crippen molar-refractivity contribution in [2.24, 2.45) is 0 Å². The molecule has 1 saturated heterocycles. The predicted molar refractivity (Wildman–Crippen MR) is 86.4 cm³/mol. The van der Waals surface area contributed by atoms with E-state index in [1.165, 1.54) is 0 Å². The van der Waals surface area contributed by atoms with Crippen LogP contribution in [-0.4, -0.2) is 61.0 Å². The van der Waals surface area contributed by atoms with Crippen LogP contribution in [0.25, 0.3) is 0 Å². The first-order chi connectivity index (χ1) is 11.0. The van der Waals surface area contributed by atoms with E-state index in [0.717, 1.165) is 16.9 Å². The van der Waals surface area contributed by atoms with Crippen molar-refractivity contribution >= 4 is 5.91 Å². The number of carbonyl (C=O) groups excluding carboxylic acids is 1. The van der Waals surface area contributed by atoms with Gasteiger partial charge in [0.05, 0.1) is 19.7 Å². The van der Waals surface area contributed by atoms with Gasteiger partial charge in [0.2, 0.25) is 5.91 Å². The minimum atomic E-state index is -0.965. The molecule has 0 saturated carbocycles. The Morgan fingerprint density at radius 1 is 1.43 bits per heavy atom. The van der Waals surface area contributed by atoms with E-state index in [0.29, 0.717) is 19.6 Å². The molecule has 2 N–H and O–H groups in total. The zero-order chi connectivity index (χ0) is 16.8. The number of carbonyl (C=O) groups is 1. The number of halogens is 1. The second-order valence-electron chi connectivity index (χ2n) is 6.02. The smallest absolute Gasteiger partial charge is 0.234 e. The molecular formula is C17H25FN2O3. The molecule has 1 aliphatic heterocycles. The van der Waals surface area contributed by atoms with E-state index in [1.807, 2.05) is 32.0 Å². The molecule has 0 unspecified atom stereocenters. The number of ether oxygens (including phenoxy) is 1. The van der Waals surface area contributed by atoms with Crippen LogP contribution in [0.4, 0.5) is 4.39 Å². The minimum absolute atomic E-state index is 0.106. The van der Waals surface area contributed by atoms with Crippen molar-refractivity contribution in [3.8, 4) is 5.75 Å². The molecule has 1 aromatic rings. The third-order valence-corrected chi connectivity index (χ3v) is 4.11. The van der Waals surface area contributed by atoms with Gasteiger partial charge in [0, 0.05) is 12.6 Å². The number of benzene rings is 1. The second-order valence-corrected chi connectivity index (χ2v) is 6.02. The van der Waals surface area contributed by atoms with E-state index in [9.17, 15) is 14.3 Å². The van der Waals surface area contributed by atoms with Gasteiger partial charge in [-0.1, -0.05) is 18.2 Å². The molecule has 23 heavy (non-hydrogen) atoms. The van der Waals surface area contributed by atoms with E-state index < -0.39 is 6.17 Å². The van der Waals surface area contributed by atoms with E-state index in [2.05, 4.69) is 5.32 Å². The highest BCUT2D eigenvalue weighted by atomic mass is 19.1. The van der Waals surface area contributed by atoms with Crippen LogP contribution in [0, 0.1) is 13.8 Å². The highest BCUT2D eigenvalue weighted by Crippen LogP contribution is 2.22. The zero-order valence-electron chi connectivity index (χ0n) is 13.7. The summed E-state index contributed by atoms with van der Waals surface area (Å²) in [4.78, 5) is 13.6. The number of nitrogens with one attached hydrogen (secondary N) is 1. The van der Waals surface area contributed by atoms with Gasteiger partial charge in [-0.15, -0.1) is 0 Å². The Labute approximate surface area is 136 Å². The van der Waals surface area contributed by atoms with Crippen molar-refractivity contribution in [1.29, 1.82) is 0 Å². The first-order valence-corrected chi connectivity index (χ1v) is 7.96. The molecule has 1 amide bonds. The Bertz CT molecular complexity index is 518. The molecule has 0 radical (unpaired) electrons. The van der Waals surface area contributed by atoms with Crippen LogP contribution < -0.4 is 10.1 Å². The van der Waals surface area contributed by atoms with E-state index in [-0.39, 0.29) is 31.6 Å². The number of para-hydroxylation sites is 1. The topological polar surface area (TPSA) is 61.8 Å². The van der Waals surface area contributed by atoms with E-state index >= 15 is 0 Å². The van der Waals surface area contributed by atoms with Gasteiger partial charge in [0.15, 0.2) is 0 Å². The van der Waals surface area contributed by atoms with Crippen molar-refractivity contribution in [1.82, 2.24) is 10.2 Å². The van der Waals surface area contributed by atoms with Gasteiger partial charge >= 0.3 is 0 Å². The maximum absolute atomic E-state index is 13.3. The summed E-state index contributed by atoms with van der Waals surface area (Å²) in [6.45, 7) is 4.93. The van der Waals surface area contributed by atoms with Crippen LogP contribution in [0.15, 0.2) is 18.2 Å². The fourth-order valence-electron chi connectivity index (χ4n) is 2.92. The monoisotopic (exact) mass is 324 g/mol. The fourth-order valence-corrected chi connectivity index (χ4v) is 2.92. The summed E-state index contributed by atoms with van der Waals surface area (Å²) < 4.78 is 19.0. The summed E-state index contributed by atoms with van der Waals surface area (Å²) in [5.41, 5.74) is 2.13. The SMILES string of the molecule is Cc1cccc(C)c1OCCNC(=O)CN1C[C@@H](F)C[C@H]1CO. The maximum Gasteiger partial charge on any atom is 0.234 e. The number of alkyl halides is 1. The molecular weight excluding hydrogens is 299 g/mol. The lowest BCUT2D eigenvalue weighted by Crippen LogP contribution is -2.42. The Balaban J connectivity index is 1.71. The van der Waals surface area contributed by atoms with Crippen LogP contribution in [0.1, 0.15) is 17.5 Å². The van der Waals surface area contributed by atoms with Gasteiger partial charge in [-0.25, -0.2) is 4.39 Å². The number of nitrogens with zero attached hydrogens (tertiary/aromatic N) is 1. The molecule has 1 aromatic carbocycles. The highest BCUT2D eigenvalue weighted by molar-refractivity contribution is 5.78. The Kier molecular flexibility index (Phi) is 6.36. The van der Waals surface area contributed by atoms with Crippen molar-refractivity contribution < 1.29 is 19.0 Å². The standard InChI is InChI=1S/C17H25FN2O3/c1-12-4-3-5-13(2)17(12)23-7-6-19-16(22)10-20-9-14(18)8-15(20)11-21/h3-5,14-15,21H,6-11H2,1-2H3,(H,19,22)/t14-,15-/m0/s1. The summed E-state index contributed by atoms with van der Waals surface area (Å²) in [5, 5.41) is 12.0. The molecule has 1 fully saturated rings. The average Bonchev–Trinajstić information content (AvgIpc) is 2.85. The number of aliphatic hydroxyl groups is 1. The normalized spacial score (nSPS) is 21.4. The Morgan fingerprint density at radius 2 is 2.13 bits per heavy atom. The van der Waals surface area contributed by atoms with Crippen LogP contribution >= 0.6 is 0 Å². The second kappa shape index (κ2) is 8.26.